The molecule has 0 fully saturated rings. The molecule has 0 unspecified atom stereocenters. The Morgan fingerprint density at radius 1 is 1.37 bits per heavy atom. The number of nitrogens with zero attached hydrogens (tertiary/aromatic N) is 2. The second-order valence-corrected chi connectivity index (χ2v) is 4.90. The van der Waals surface area contributed by atoms with Gasteiger partial charge in [-0.3, -0.25) is 9.48 Å². The molecule has 100 valence electrons. The highest BCUT2D eigenvalue weighted by Crippen LogP contribution is 2.18. The van der Waals surface area contributed by atoms with E-state index in [2.05, 4.69) is 5.10 Å². The fourth-order valence-electron chi connectivity index (χ4n) is 2.06. The average molecular weight is 278 g/mol. The Morgan fingerprint density at radius 2 is 2.11 bits per heavy atom. The molecule has 0 saturated heterocycles. The number of carbonyl (C=O) groups is 1. The zero-order valence-electron chi connectivity index (χ0n) is 11.0. The number of aromatic nitrogens is 2. The average Bonchev–Trinajstić information content (AvgIpc) is 2.68. The van der Waals surface area contributed by atoms with Gasteiger partial charge in [-0.25, -0.2) is 0 Å². The Bertz CT molecular complexity index is 599. The number of anilines is 1. The normalized spacial score (nSPS) is 10.7. The number of benzene rings is 1. The second kappa shape index (κ2) is 5.45. The SMILES string of the molecule is CCn1nc(C)cc1CC(=O)c1cc(N)cc(Cl)c1. The van der Waals surface area contributed by atoms with Crippen molar-refractivity contribution in [2.75, 3.05) is 5.73 Å². The number of halogens is 1. The largest absolute Gasteiger partial charge is 0.399 e. The van der Waals surface area contributed by atoms with Crippen LogP contribution < -0.4 is 5.73 Å². The van der Waals surface area contributed by atoms with E-state index in [-0.39, 0.29) is 5.78 Å². The summed E-state index contributed by atoms with van der Waals surface area (Å²) in [5.74, 6) is -0.0104. The molecule has 0 aliphatic heterocycles. The lowest BCUT2D eigenvalue weighted by Crippen LogP contribution is -2.10. The van der Waals surface area contributed by atoms with E-state index < -0.39 is 0 Å². The number of hydrogen-bond donors (Lipinski definition) is 1. The fourth-order valence-corrected chi connectivity index (χ4v) is 2.30. The number of ketones is 1. The molecule has 2 aromatic rings. The summed E-state index contributed by atoms with van der Waals surface area (Å²) in [6, 6.07) is 6.83. The molecular formula is C14H16ClN3O. The highest BCUT2D eigenvalue weighted by molar-refractivity contribution is 6.31. The third-order valence-electron chi connectivity index (χ3n) is 2.87. The van der Waals surface area contributed by atoms with E-state index in [0.717, 1.165) is 17.9 Å². The van der Waals surface area contributed by atoms with Gasteiger partial charge in [0.15, 0.2) is 5.78 Å². The van der Waals surface area contributed by atoms with Crippen molar-refractivity contribution >= 4 is 23.1 Å². The lowest BCUT2D eigenvalue weighted by atomic mass is 10.1. The number of hydrogen-bond acceptors (Lipinski definition) is 3. The first-order valence-electron chi connectivity index (χ1n) is 6.12. The van der Waals surface area contributed by atoms with Gasteiger partial charge in [0.25, 0.3) is 0 Å². The smallest absolute Gasteiger partial charge is 0.168 e. The Labute approximate surface area is 117 Å². The summed E-state index contributed by atoms with van der Waals surface area (Å²) in [5.41, 5.74) is 8.55. The molecule has 1 aromatic carbocycles. The van der Waals surface area contributed by atoms with E-state index in [1.807, 2.05) is 24.6 Å². The van der Waals surface area contributed by atoms with Crippen LogP contribution in [0.3, 0.4) is 0 Å². The van der Waals surface area contributed by atoms with Gasteiger partial charge in [-0.2, -0.15) is 5.10 Å². The summed E-state index contributed by atoms with van der Waals surface area (Å²) in [6.45, 7) is 4.66. The summed E-state index contributed by atoms with van der Waals surface area (Å²) >= 11 is 5.91. The molecule has 19 heavy (non-hydrogen) atoms. The maximum absolute atomic E-state index is 12.2. The first-order valence-corrected chi connectivity index (χ1v) is 6.50. The lowest BCUT2D eigenvalue weighted by molar-refractivity contribution is 0.0990. The van der Waals surface area contributed by atoms with Crippen molar-refractivity contribution in [3.63, 3.8) is 0 Å². The molecule has 5 heteroatoms. The van der Waals surface area contributed by atoms with Crippen LogP contribution >= 0.6 is 11.6 Å². The van der Waals surface area contributed by atoms with Crippen LogP contribution in [0.25, 0.3) is 0 Å². The molecule has 0 bridgehead atoms. The van der Waals surface area contributed by atoms with E-state index in [1.165, 1.54) is 0 Å². The van der Waals surface area contributed by atoms with Crippen LogP contribution in [0.4, 0.5) is 5.69 Å². The molecule has 0 amide bonds. The predicted molar refractivity (Wildman–Crippen MR) is 76.5 cm³/mol. The van der Waals surface area contributed by atoms with Gasteiger partial charge < -0.3 is 5.73 Å². The van der Waals surface area contributed by atoms with Crippen molar-refractivity contribution in [1.82, 2.24) is 9.78 Å². The molecule has 1 aromatic heterocycles. The van der Waals surface area contributed by atoms with Crippen molar-refractivity contribution in [3.05, 3.63) is 46.2 Å². The molecule has 1 heterocycles. The lowest BCUT2D eigenvalue weighted by Gasteiger charge is -2.05. The number of Topliss-reactive ketones (excluding diaryl/α,β-unsaturated/α-hetero) is 1. The van der Waals surface area contributed by atoms with Crippen molar-refractivity contribution in [2.45, 2.75) is 26.8 Å². The highest BCUT2D eigenvalue weighted by Gasteiger charge is 2.12. The van der Waals surface area contributed by atoms with Crippen LogP contribution in [0.2, 0.25) is 5.02 Å². The second-order valence-electron chi connectivity index (χ2n) is 4.47. The van der Waals surface area contributed by atoms with Crippen LogP contribution in [0, 0.1) is 6.92 Å². The van der Waals surface area contributed by atoms with Crippen molar-refractivity contribution in [1.29, 1.82) is 0 Å². The fraction of sp³-hybridized carbons (Fsp3) is 0.286. The minimum atomic E-state index is -0.0104. The molecule has 4 nitrogen and oxygen atoms in total. The highest BCUT2D eigenvalue weighted by atomic mass is 35.5. The minimum absolute atomic E-state index is 0.0104. The van der Waals surface area contributed by atoms with Gasteiger partial charge in [0.2, 0.25) is 0 Å². The van der Waals surface area contributed by atoms with E-state index in [9.17, 15) is 4.79 Å². The third kappa shape index (κ3) is 3.15. The molecular weight excluding hydrogens is 262 g/mol. The molecule has 0 spiro atoms. The quantitative estimate of drug-likeness (QED) is 0.690. The van der Waals surface area contributed by atoms with Crippen LogP contribution in [-0.2, 0) is 13.0 Å². The Balaban J connectivity index is 2.25. The monoisotopic (exact) mass is 277 g/mol. The molecule has 0 aliphatic rings. The topological polar surface area (TPSA) is 60.9 Å². The maximum atomic E-state index is 12.2. The van der Waals surface area contributed by atoms with Crippen LogP contribution in [0.15, 0.2) is 24.3 Å². The number of rotatable bonds is 4. The summed E-state index contributed by atoms with van der Waals surface area (Å²) in [7, 11) is 0. The number of nitrogens with two attached hydrogens (primary N) is 1. The third-order valence-corrected chi connectivity index (χ3v) is 3.09. The first-order chi connectivity index (χ1) is 8.99. The van der Waals surface area contributed by atoms with Crippen molar-refractivity contribution in [2.24, 2.45) is 0 Å². The zero-order valence-corrected chi connectivity index (χ0v) is 11.7. The van der Waals surface area contributed by atoms with Crippen LogP contribution in [0.5, 0.6) is 0 Å². The summed E-state index contributed by atoms with van der Waals surface area (Å²) in [5, 5.41) is 4.80. The summed E-state index contributed by atoms with van der Waals surface area (Å²) in [6.07, 6.45) is 0.300. The van der Waals surface area contributed by atoms with Gasteiger partial charge >= 0.3 is 0 Å². The Morgan fingerprint density at radius 3 is 2.74 bits per heavy atom. The number of carbonyl (C=O) groups excluding carboxylic acids is 1. The Kier molecular flexibility index (Phi) is 3.90. The van der Waals surface area contributed by atoms with Gasteiger partial charge in [0, 0.05) is 28.5 Å². The predicted octanol–water partition coefficient (Wildman–Crippen LogP) is 2.87. The van der Waals surface area contributed by atoms with Gasteiger partial charge in [-0.15, -0.1) is 0 Å². The van der Waals surface area contributed by atoms with Gasteiger partial charge in [-0.05, 0) is 38.1 Å². The number of nitrogen functional groups attached to an aromatic ring is 1. The van der Waals surface area contributed by atoms with Gasteiger partial charge in [0.05, 0.1) is 12.1 Å². The minimum Gasteiger partial charge on any atom is -0.399 e. The first kappa shape index (κ1) is 13.6. The van der Waals surface area contributed by atoms with Crippen molar-refractivity contribution < 1.29 is 4.79 Å². The summed E-state index contributed by atoms with van der Waals surface area (Å²) < 4.78 is 1.83. The van der Waals surface area contributed by atoms with Crippen LogP contribution in [-0.4, -0.2) is 15.6 Å². The molecule has 0 aliphatic carbocycles. The molecule has 2 N–H and O–H groups in total. The Hall–Kier alpha value is -1.81. The van der Waals surface area contributed by atoms with Gasteiger partial charge in [-0.1, -0.05) is 11.6 Å². The van der Waals surface area contributed by atoms with E-state index in [4.69, 9.17) is 17.3 Å². The van der Waals surface area contributed by atoms with E-state index in [1.54, 1.807) is 18.2 Å². The molecule has 2 rings (SSSR count). The molecule has 0 atom stereocenters. The van der Waals surface area contributed by atoms with Gasteiger partial charge in [0.1, 0.15) is 0 Å². The summed E-state index contributed by atoms with van der Waals surface area (Å²) in [4.78, 5) is 12.2. The van der Waals surface area contributed by atoms with E-state index >= 15 is 0 Å². The molecule has 0 radical (unpaired) electrons. The zero-order chi connectivity index (χ0) is 14.0. The van der Waals surface area contributed by atoms with E-state index in [0.29, 0.717) is 22.7 Å². The molecule has 0 saturated carbocycles. The van der Waals surface area contributed by atoms with Crippen LogP contribution in [0.1, 0.15) is 28.7 Å². The maximum Gasteiger partial charge on any atom is 0.168 e. The number of aryl methyl sites for hydroxylation is 2. The standard InChI is InChI=1S/C14H16ClN3O/c1-3-18-13(4-9(2)17-18)8-14(19)10-5-11(15)7-12(16)6-10/h4-7H,3,8,16H2,1-2H3. The van der Waals surface area contributed by atoms with Crippen molar-refractivity contribution in [3.8, 4) is 0 Å².